The molecule has 0 fully saturated rings. The molecule has 0 aliphatic carbocycles. The zero-order chi connectivity index (χ0) is 15.0. The first-order chi connectivity index (χ1) is 9.52. The minimum atomic E-state index is -0.150. The largest absolute Gasteiger partial charge is 0.461 e. The summed E-state index contributed by atoms with van der Waals surface area (Å²) in [5.41, 5.74) is 6.54. The van der Waals surface area contributed by atoms with Crippen molar-refractivity contribution in [1.29, 1.82) is 0 Å². The van der Waals surface area contributed by atoms with Crippen LogP contribution in [0.4, 0.5) is 0 Å². The summed E-state index contributed by atoms with van der Waals surface area (Å²) < 4.78 is 5.26. The van der Waals surface area contributed by atoms with Crippen LogP contribution in [0.5, 0.6) is 0 Å². The summed E-state index contributed by atoms with van der Waals surface area (Å²) >= 11 is 5.80. The Labute approximate surface area is 126 Å². The number of nitrogens with two attached hydrogens (primary N) is 1. The van der Waals surface area contributed by atoms with Gasteiger partial charge in [-0.05, 0) is 48.9 Å². The van der Waals surface area contributed by atoms with Gasteiger partial charge in [-0.25, -0.2) is 0 Å². The maximum absolute atomic E-state index is 11.7. The molecule has 2 N–H and O–H groups in total. The number of benzene rings is 1. The number of halogens is 1. The highest BCUT2D eigenvalue weighted by Gasteiger charge is 2.15. The molecule has 1 aromatic carbocycles. The first-order valence-corrected chi connectivity index (χ1v) is 7.51. The summed E-state index contributed by atoms with van der Waals surface area (Å²) in [6.07, 6.45) is 2.26. The molecule has 0 saturated carbocycles. The third kappa shape index (κ3) is 6.40. The average molecular weight is 298 g/mol. The van der Waals surface area contributed by atoms with Crippen molar-refractivity contribution in [2.45, 2.75) is 39.7 Å². The van der Waals surface area contributed by atoms with Crippen molar-refractivity contribution < 1.29 is 9.53 Å². The Morgan fingerprint density at radius 3 is 2.45 bits per heavy atom. The van der Waals surface area contributed by atoms with Crippen LogP contribution in [0.2, 0.25) is 5.02 Å². The lowest BCUT2D eigenvalue weighted by atomic mass is 9.88. The SMILES string of the molecule is CC(C)C(CCN)CCC(=O)OCc1ccc(Cl)cc1. The first-order valence-electron chi connectivity index (χ1n) is 7.13. The highest BCUT2D eigenvalue weighted by molar-refractivity contribution is 6.30. The molecular weight excluding hydrogens is 274 g/mol. The van der Waals surface area contributed by atoms with Gasteiger partial charge in [0.2, 0.25) is 0 Å². The van der Waals surface area contributed by atoms with Gasteiger partial charge in [-0.15, -0.1) is 0 Å². The quantitative estimate of drug-likeness (QED) is 0.743. The third-order valence-corrected chi connectivity index (χ3v) is 3.76. The second-order valence-electron chi connectivity index (χ2n) is 5.41. The highest BCUT2D eigenvalue weighted by atomic mass is 35.5. The summed E-state index contributed by atoms with van der Waals surface area (Å²) in [6, 6.07) is 7.31. The van der Waals surface area contributed by atoms with E-state index >= 15 is 0 Å². The number of rotatable bonds is 8. The molecule has 0 radical (unpaired) electrons. The van der Waals surface area contributed by atoms with Gasteiger partial charge in [-0.1, -0.05) is 37.6 Å². The molecule has 4 heteroatoms. The van der Waals surface area contributed by atoms with Gasteiger partial charge in [0.1, 0.15) is 6.61 Å². The molecule has 1 unspecified atom stereocenters. The lowest BCUT2D eigenvalue weighted by Crippen LogP contribution is -2.16. The van der Waals surface area contributed by atoms with Gasteiger partial charge in [-0.3, -0.25) is 4.79 Å². The number of carbonyl (C=O) groups is 1. The molecule has 20 heavy (non-hydrogen) atoms. The van der Waals surface area contributed by atoms with Gasteiger partial charge < -0.3 is 10.5 Å². The summed E-state index contributed by atoms with van der Waals surface area (Å²) in [6.45, 7) is 5.31. The second-order valence-corrected chi connectivity index (χ2v) is 5.84. The zero-order valence-corrected chi connectivity index (χ0v) is 13.0. The number of ether oxygens (including phenoxy) is 1. The Kier molecular flexibility index (Phi) is 7.63. The van der Waals surface area contributed by atoms with E-state index < -0.39 is 0 Å². The predicted molar refractivity (Wildman–Crippen MR) is 82.5 cm³/mol. The maximum Gasteiger partial charge on any atom is 0.306 e. The Bertz CT molecular complexity index is 403. The Morgan fingerprint density at radius 2 is 1.90 bits per heavy atom. The van der Waals surface area contributed by atoms with Crippen LogP contribution < -0.4 is 5.73 Å². The van der Waals surface area contributed by atoms with Crippen molar-refractivity contribution in [3.63, 3.8) is 0 Å². The summed E-state index contributed by atoms with van der Waals surface area (Å²) in [5, 5.41) is 0.682. The van der Waals surface area contributed by atoms with E-state index in [1.165, 1.54) is 0 Å². The molecule has 1 atom stereocenters. The molecule has 0 saturated heterocycles. The molecule has 3 nitrogen and oxygen atoms in total. The van der Waals surface area contributed by atoms with Gasteiger partial charge in [0, 0.05) is 11.4 Å². The van der Waals surface area contributed by atoms with E-state index in [1.54, 1.807) is 12.1 Å². The molecule has 0 spiro atoms. The van der Waals surface area contributed by atoms with Crippen molar-refractivity contribution in [1.82, 2.24) is 0 Å². The van der Waals surface area contributed by atoms with Crippen LogP contribution in [0, 0.1) is 11.8 Å². The van der Waals surface area contributed by atoms with Crippen LogP contribution in [0.15, 0.2) is 24.3 Å². The average Bonchev–Trinajstić information content (AvgIpc) is 2.42. The zero-order valence-electron chi connectivity index (χ0n) is 12.3. The van der Waals surface area contributed by atoms with Gasteiger partial charge >= 0.3 is 5.97 Å². The lowest BCUT2D eigenvalue weighted by molar-refractivity contribution is -0.145. The van der Waals surface area contributed by atoms with E-state index in [0.717, 1.165) is 18.4 Å². The molecule has 0 amide bonds. The molecule has 0 aromatic heterocycles. The minimum absolute atomic E-state index is 0.150. The van der Waals surface area contributed by atoms with Crippen molar-refractivity contribution in [3.05, 3.63) is 34.9 Å². The van der Waals surface area contributed by atoms with E-state index in [4.69, 9.17) is 22.1 Å². The fourth-order valence-electron chi connectivity index (χ4n) is 2.14. The van der Waals surface area contributed by atoms with E-state index in [0.29, 0.717) is 36.4 Å². The van der Waals surface area contributed by atoms with Crippen LogP contribution in [0.25, 0.3) is 0 Å². The van der Waals surface area contributed by atoms with Crippen molar-refractivity contribution in [3.8, 4) is 0 Å². The molecule has 0 aliphatic heterocycles. The summed E-state index contributed by atoms with van der Waals surface area (Å²) in [7, 11) is 0. The van der Waals surface area contributed by atoms with Crippen LogP contribution in [-0.2, 0) is 16.1 Å². The summed E-state index contributed by atoms with van der Waals surface area (Å²) in [5.74, 6) is 0.883. The van der Waals surface area contributed by atoms with Crippen LogP contribution in [0.1, 0.15) is 38.7 Å². The fraction of sp³-hybridized carbons (Fsp3) is 0.562. The topological polar surface area (TPSA) is 52.3 Å². The maximum atomic E-state index is 11.7. The molecular formula is C16H24ClNO2. The van der Waals surface area contributed by atoms with Crippen molar-refractivity contribution in [2.24, 2.45) is 17.6 Å². The van der Waals surface area contributed by atoms with Crippen LogP contribution in [-0.4, -0.2) is 12.5 Å². The monoisotopic (exact) mass is 297 g/mol. The molecule has 0 heterocycles. The minimum Gasteiger partial charge on any atom is -0.461 e. The third-order valence-electron chi connectivity index (χ3n) is 3.51. The molecule has 0 bridgehead atoms. The van der Waals surface area contributed by atoms with Gasteiger partial charge in [0.05, 0.1) is 0 Å². The Balaban J connectivity index is 2.31. The lowest BCUT2D eigenvalue weighted by Gasteiger charge is -2.19. The van der Waals surface area contributed by atoms with Crippen LogP contribution in [0.3, 0.4) is 0 Å². The van der Waals surface area contributed by atoms with Gasteiger partial charge in [0.15, 0.2) is 0 Å². The number of carbonyl (C=O) groups excluding carboxylic acids is 1. The molecule has 1 aromatic rings. The van der Waals surface area contributed by atoms with E-state index in [9.17, 15) is 4.79 Å². The number of hydrogen-bond acceptors (Lipinski definition) is 3. The normalized spacial score (nSPS) is 12.4. The smallest absolute Gasteiger partial charge is 0.306 e. The van der Waals surface area contributed by atoms with E-state index in [1.807, 2.05) is 12.1 Å². The van der Waals surface area contributed by atoms with Gasteiger partial charge in [0.25, 0.3) is 0 Å². The highest BCUT2D eigenvalue weighted by Crippen LogP contribution is 2.20. The number of hydrogen-bond donors (Lipinski definition) is 1. The van der Waals surface area contributed by atoms with Gasteiger partial charge in [-0.2, -0.15) is 0 Å². The molecule has 1 rings (SSSR count). The predicted octanol–water partition coefficient (Wildman–Crippen LogP) is 3.78. The van der Waals surface area contributed by atoms with Crippen molar-refractivity contribution in [2.75, 3.05) is 6.54 Å². The molecule has 112 valence electrons. The standard InChI is InChI=1S/C16H24ClNO2/c1-12(2)14(9-10-18)5-8-16(19)20-11-13-3-6-15(17)7-4-13/h3-4,6-7,12,14H,5,8-11,18H2,1-2H3. The second kappa shape index (κ2) is 8.98. The first kappa shape index (κ1) is 17.0. The van der Waals surface area contributed by atoms with Crippen LogP contribution >= 0.6 is 11.6 Å². The fourth-order valence-corrected chi connectivity index (χ4v) is 2.27. The molecule has 0 aliphatic rings. The van der Waals surface area contributed by atoms with E-state index in [-0.39, 0.29) is 5.97 Å². The number of esters is 1. The van der Waals surface area contributed by atoms with Crippen molar-refractivity contribution >= 4 is 17.6 Å². The summed E-state index contributed by atoms with van der Waals surface area (Å²) in [4.78, 5) is 11.7. The van der Waals surface area contributed by atoms with E-state index in [2.05, 4.69) is 13.8 Å². The Hall–Kier alpha value is -1.06. The Morgan fingerprint density at radius 1 is 1.25 bits per heavy atom.